The van der Waals surface area contributed by atoms with Crippen molar-refractivity contribution in [3.63, 3.8) is 0 Å². The van der Waals surface area contributed by atoms with Gasteiger partial charge in [0.25, 0.3) is 0 Å². The van der Waals surface area contributed by atoms with Gasteiger partial charge in [0.1, 0.15) is 5.01 Å². The van der Waals surface area contributed by atoms with E-state index >= 15 is 0 Å². The van der Waals surface area contributed by atoms with Crippen molar-refractivity contribution in [2.24, 2.45) is 4.99 Å². The number of aryl methyl sites for hydroxylation is 2. The molecular weight excluding hydrogens is 362 g/mol. The molecule has 2 aromatic heterocycles. The van der Waals surface area contributed by atoms with E-state index in [0.717, 1.165) is 29.8 Å². The van der Waals surface area contributed by atoms with Crippen LogP contribution in [-0.4, -0.2) is 42.0 Å². The van der Waals surface area contributed by atoms with Crippen LogP contribution >= 0.6 is 22.7 Å². The van der Waals surface area contributed by atoms with Crippen LogP contribution in [0.2, 0.25) is 0 Å². The number of thiazole rings is 1. The number of nitrogens with zero attached hydrogens (tertiary/aromatic N) is 3. The summed E-state index contributed by atoms with van der Waals surface area (Å²) in [4.78, 5) is 14.6. The van der Waals surface area contributed by atoms with E-state index in [1.54, 1.807) is 11.3 Å². The Morgan fingerprint density at radius 1 is 1.31 bits per heavy atom. The first-order valence-electron chi connectivity index (χ1n) is 9.40. The largest absolute Gasteiger partial charge is 0.357 e. The molecule has 0 spiro atoms. The molecule has 3 rings (SSSR count). The number of likely N-dealkylation sites (tertiary alicyclic amines) is 1. The second-order valence-corrected chi connectivity index (χ2v) is 8.87. The standard InChI is InChI=1S/C19H29N5S2/c1-4-20-19(22-13-18-23-14(2)15(3)26-18)21-12-16(17-8-7-11-25-17)24-9-5-6-10-24/h7-8,11,16H,4-6,9-10,12-13H2,1-3H3,(H2,20,21,22). The van der Waals surface area contributed by atoms with E-state index in [1.807, 2.05) is 11.3 Å². The highest BCUT2D eigenvalue weighted by Crippen LogP contribution is 2.27. The molecule has 26 heavy (non-hydrogen) atoms. The van der Waals surface area contributed by atoms with Crippen LogP contribution in [0.25, 0.3) is 0 Å². The summed E-state index contributed by atoms with van der Waals surface area (Å²) in [5, 5.41) is 10.2. The van der Waals surface area contributed by atoms with Crippen molar-refractivity contribution in [2.45, 2.75) is 46.2 Å². The summed E-state index contributed by atoms with van der Waals surface area (Å²) >= 11 is 3.58. The summed E-state index contributed by atoms with van der Waals surface area (Å²) < 4.78 is 0. The molecule has 1 fully saturated rings. The van der Waals surface area contributed by atoms with Gasteiger partial charge in [-0.15, -0.1) is 22.7 Å². The van der Waals surface area contributed by atoms with Gasteiger partial charge in [-0.2, -0.15) is 0 Å². The highest BCUT2D eigenvalue weighted by molar-refractivity contribution is 7.11. The monoisotopic (exact) mass is 391 g/mol. The Morgan fingerprint density at radius 3 is 2.73 bits per heavy atom. The molecule has 1 unspecified atom stereocenters. The van der Waals surface area contributed by atoms with Crippen molar-refractivity contribution in [3.05, 3.63) is 38.0 Å². The molecule has 0 saturated carbocycles. The Labute approximate surface area is 164 Å². The van der Waals surface area contributed by atoms with Gasteiger partial charge in [-0.1, -0.05) is 6.07 Å². The summed E-state index contributed by atoms with van der Waals surface area (Å²) in [6.07, 6.45) is 2.61. The molecule has 0 aromatic carbocycles. The van der Waals surface area contributed by atoms with Crippen LogP contribution in [-0.2, 0) is 6.54 Å². The van der Waals surface area contributed by atoms with E-state index in [9.17, 15) is 0 Å². The Hall–Kier alpha value is -1.44. The van der Waals surface area contributed by atoms with Crippen molar-refractivity contribution in [1.82, 2.24) is 20.5 Å². The van der Waals surface area contributed by atoms with E-state index < -0.39 is 0 Å². The lowest BCUT2D eigenvalue weighted by molar-refractivity contribution is 0.249. The van der Waals surface area contributed by atoms with Crippen LogP contribution < -0.4 is 10.6 Å². The van der Waals surface area contributed by atoms with Gasteiger partial charge >= 0.3 is 0 Å². The minimum absolute atomic E-state index is 0.422. The average Bonchev–Trinajstić information content (AvgIpc) is 3.37. The summed E-state index contributed by atoms with van der Waals surface area (Å²) in [5.41, 5.74) is 1.12. The number of aromatic nitrogens is 1. The lowest BCUT2D eigenvalue weighted by Crippen LogP contribution is -2.42. The van der Waals surface area contributed by atoms with E-state index in [4.69, 9.17) is 4.99 Å². The van der Waals surface area contributed by atoms with Gasteiger partial charge < -0.3 is 10.6 Å². The summed E-state index contributed by atoms with van der Waals surface area (Å²) in [7, 11) is 0. The molecule has 2 N–H and O–H groups in total. The van der Waals surface area contributed by atoms with Crippen molar-refractivity contribution in [1.29, 1.82) is 0 Å². The molecule has 0 bridgehead atoms. The molecule has 0 radical (unpaired) electrons. The van der Waals surface area contributed by atoms with E-state index in [0.29, 0.717) is 12.6 Å². The fraction of sp³-hybridized carbons (Fsp3) is 0.579. The Bertz CT molecular complexity index is 682. The molecule has 0 amide bonds. The molecule has 1 aliphatic heterocycles. The summed E-state index contributed by atoms with van der Waals surface area (Å²) in [5.74, 6) is 0.874. The number of guanidine groups is 1. The third kappa shape index (κ3) is 5.05. The molecule has 142 valence electrons. The minimum atomic E-state index is 0.422. The Balaban J connectivity index is 1.64. The molecule has 7 heteroatoms. The van der Waals surface area contributed by atoms with Crippen LogP contribution in [0.4, 0.5) is 0 Å². The van der Waals surface area contributed by atoms with E-state index in [-0.39, 0.29) is 0 Å². The molecule has 1 aliphatic rings. The maximum atomic E-state index is 4.75. The number of rotatable bonds is 7. The van der Waals surface area contributed by atoms with Crippen LogP contribution in [0.1, 0.15) is 46.3 Å². The number of thiophene rings is 1. The maximum Gasteiger partial charge on any atom is 0.191 e. The van der Waals surface area contributed by atoms with Gasteiger partial charge in [0.05, 0.1) is 18.3 Å². The van der Waals surface area contributed by atoms with Crippen molar-refractivity contribution < 1.29 is 0 Å². The zero-order valence-electron chi connectivity index (χ0n) is 15.9. The SMILES string of the molecule is CCNC(=NCc1nc(C)c(C)s1)NCC(c1cccs1)N1CCCC1. The van der Waals surface area contributed by atoms with E-state index in [2.05, 4.69) is 58.8 Å². The quantitative estimate of drug-likeness (QED) is 0.558. The predicted molar refractivity (Wildman–Crippen MR) is 112 cm³/mol. The first-order valence-corrected chi connectivity index (χ1v) is 11.1. The van der Waals surface area contributed by atoms with Gasteiger partial charge in [0, 0.05) is 22.8 Å². The molecule has 3 heterocycles. The molecule has 0 aliphatic carbocycles. The van der Waals surface area contributed by atoms with Gasteiger partial charge in [-0.05, 0) is 58.1 Å². The Morgan fingerprint density at radius 2 is 2.12 bits per heavy atom. The zero-order valence-corrected chi connectivity index (χ0v) is 17.6. The third-order valence-corrected chi connectivity index (χ3v) is 6.74. The van der Waals surface area contributed by atoms with Crippen molar-refractivity contribution in [3.8, 4) is 0 Å². The van der Waals surface area contributed by atoms with Gasteiger partial charge in [0.15, 0.2) is 5.96 Å². The minimum Gasteiger partial charge on any atom is -0.357 e. The van der Waals surface area contributed by atoms with Crippen molar-refractivity contribution >= 4 is 28.6 Å². The highest BCUT2D eigenvalue weighted by Gasteiger charge is 2.24. The molecule has 2 aromatic rings. The fourth-order valence-corrected chi connectivity index (χ4v) is 4.95. The van der Waals surface area contributed by atoms with Crippen LogP contribution in [0.5, 0.6) is 0 Å². The topological polar surface area (TPSA) is 52.6 Å². The molecule has 1 atom stereocenters. The van der Waals surface area contributed by atoms with Gasteiger partial charge in [0.2, 0.25) is 0 Å². The third-order valence-electron chi connectivity index (χ3n) is 4.71. The van der Waals surface area contributed by atoms with Crippen LogP contribution in [0.3, 0.4) is 0 Å². The summed E-state index contributed by atoms with van der Waals surface area (Å²) in [6.45, 7) is 11.0. The smallest absolute Gasteiger partial charge is 0.191 e. The zero-order chi connectivity index (χ0) is 18.4. The first kappa shape index (κ1) is 19.3. The average molecular weight is 392 g/mol. The second-order valence-electron chi connectivity index (χ2n) is 6.60. The van der Waals surface area contributed by atoms with Crippen molar-refractivity contribution in [2.75, 3.05) is 26.2 Å². The lowest BCUT2D eigenvalue weighted by Gasteiger charge is -2.27. The van der Waals surface area contributed by atoms with Gasteiger partial charge in [-0.25, -0.2) is 9.98 Å². The highest BCUT2D eigenvalue weighted by atomic mass is 32.1. The molecule has 1 saturated heterocycles. The van der Waals surface area contributed by atoms with E-state index in [1.165, 1.54) is 35.7 Å². The van der Waals surface area contributed by atoms with Gasteiger partial charge in [-0.3, -0.25) is 4.90 Å². The van der Waals surface area contributed by atoms with Crippen LogP contribution in [0, 0.1) is 13.8 Å². The summed E-state index contributed by atoms with van der Waals surface area (Å²) in [6, 6.07) is 4.82. The number of hydrogen-bond acceptors (Lipinski definition) is 5. The first-order chi connectivity index (χ1) is 12.7. The number of hydrogen-bond donors (Lipinski definition) is 2. The normalized spacial score (nSPS) is 16.8. The maximum absolute atomic E-state index is 4.75. The fourth-order valence-electron chi connectivity index (χ4n) is 3.23. The molecular formula is C19H29N5S2. The molecule has 5 nitrogen and oxygen atoms in total. The van der Waals surface area contributed by atoms with Crippen LogP contribution in [0.15, 0.2) is 22.5 Å². The number of aliphatic imine (C=N–C) groups is 1. The predicted octanol–water partition coefficient (Wildman–Crippen LogP) is 3.71. The number of nitrogens with one attached hydrogen (secondary N) is 2. The Kier molecular flexibility index (Phi) is 7.05. The second kappa shape index (κ2) is 9.48. The lowest BCUT2D eigenvalue weighted by atomic mass is 10.2.